The maximum Gasteiger partial charge on any atom is 0.263 e. The summed E-state index contributed by atoms with van der Waals surface area (Å²) >= 11 is 1.21. The Balaban J connectivity index is 1.72. The lowest BCUT2D eigenvalue weighted by Gasteiger charge is -2.09. The Morgan fingerprint density at radius 1 is 1.33 bits per heavy atom. The zero-order valence-electron chi connectivity index (χ0n) is 14.0. The van der Waals surface area contributed by atoms with E-state index in [1.807, 2.05) is 12.1 Å². The van der Waals surface area contributed by atoms with Crippen molar-refractivity contribution in [2.45, 2.75) is 11.7 Å². The molecule has 0 aliphatic carbocycles. The van der Waals surface area contributed by atoms with Gasteiger partial charge in [0.1, 0.15) is 6.33 Å². The third kappa shape index (κ3) is 3.08. The summed E-state index contributed by atoms with van der Waals surface area (Å²) in [4.78, 5) is 28.7. The lowest BCUT2D eigenvalue weighted by Crippen LogP contribution is -2.22. The van der Waals surface area contributed by atoms with Crippen LogP contribution in [0.5, 0.6) is 0 Å². The summed E-state index contributed by atoms with van der Waals surface area (Å²) in [6.45, 7) is 4.00. The number of hydrogen-bond acceptors (Lipinski definition) is 7. The van der Waals surface area contributed by atoms with Crippen LogP contribution in [0.25, 0.3) is 16.7 Å². The first-order chi connectivity index (χ1) is 13.2. The molecule has 10 nitrogen and oxygen atoms in total. The lowest BCUT2D eigenvalue weighted by atomic mass is 10.2. The van der Waals surface area contributed by atoms with Crippen LogP contribution in [0.2, 0.25) is 0 Å². The van der Waals surface area contributed by atoms with Crippen LogP contribution in [0.15, 0.2) is 53.2 Å². The van der Waals surface area contributed by atoms with Crippen molar-refractivity contribution in [1.29, 1.82) is 0 Å². The van der Waals surface area contributed by atoms with Gasteiger partial charge in [0.25, 0.3) is 5.56 Å². The molecule has 3 heterocycles. The molecule has 0 saturated carbocycles. The molecule has 4 rings (SSSR count). The van der Waals surface area contributed by atoms with E-state index in [0.29, 0.717) is 28.4 Å². The molecule has 3 aromatic heterocycles. The molecule has 1 aromatic carbocycles. The van der Waals surface area contributed by atoms with Crippen LogP contribution in [-0.2, 0) is 11.3 Å². The summed E-state index contributed by atoms with van der Waals surface area (Å²) in [6, 6.07) is 7.21. The molecule has 0 spiro atoms. The molecule has 0 atom stereocenters. The number of anilines is 1. The second-order valence-corrected chi connectivity index (χ2v) is 6.45. The van der Waals surface area contributed by atoms with Gasteiger partial charge in [0.05, 0.1) is 16.7 Å². The Kier molecular flexibility index (Phi) is 4.42. The van der Waals surface area contributed by atoms with Crippen molar-refractivity contribution in [3.8, 4) is 0 Å². The maximum absolute atomic E-state index is 12.7. The van der Waals surface area contributed by atoms with Gasteiger partial charge >= 0.3 is 0 Å². The number of thioether (sulfide) groups is 1. The normalized spacial score (nSPS) is 11.1. The number of carbonyl (C=O) groups excluding carboxylic acids is 1. The largest absolute Gasteiger partial charge is 0.294 e. The SMILES string of the molecule is C=CCn1c(=O)c2ccccc2n2c(SCC(=O)Nc3ncn[nH]3)nnc12. The van der Waals surface area contributed by atoms with Gasteiger partial charge in [0, 0.05) is 6.54 Å². The first-order valence-corrected chi connectivity index (χ1v) is 8.93. The Labute approximate surface area is 156 Å². The van der Waals surface area contributed by atoms with Gasteiger partial charge in [-0.05, 0) is 12.1 Å². The van der Waals surface area contributed by atoms with Crippen molar-refractivity contribution in [2.75, 3.05) is 11.1 Å². The van der Waals surface area contributed by atoms with E-state index in [0.717, 1.165) is 0 Å². The molecule has 0 saturated heterocycles. The molecular weight excluding hydrogens is 368 g/mol. The molecule has 27 heavy (non-hydrogen) atoms. The number of nitrogens with one attached hydrogen (secondary N) is 2. The second kappa shape index (κ2) is 7.03. The number of fused-ring (bicyclic) bond motifs is 3. The number of para-hydroxylation sites is 1. The summed E-state index contributed by atoms with van der Waals surface area (Å²) < 4.78 is 3.27. The number of carbonyl (C=O) groups is 1. The van der Waals surface area contributed by atoms with Gasteiger partial charge in [0.15, 0.2) is 5.16 Å². The number of hydrogen-bond donors (Lipinski definition) is 2. The molecule has 0 radical (unpaired) electrons. The third-order valence-corrected chi connectivity index (χ3v) is 4.72. The van der Waals surface area contributed by atoms with Crippen molar-refractivity contribution in [2.24, 2.45) is 0 Å². The predicted octanol–water partition coefficient (Wildman–Crippen LogP) is 1.08. The number of allylic oxidation sites excluding steroid dienone is 1. The fourth-order valence-electron chi connectivity index (χ4n) is 2.68. The highest BCUT2D eigenvalue weighted by molar-refractivity contribution is 7.99. The molecule has 0 unspecified atom stereocenters. The molecule has 0 aliphatic rings. The molecule has 4 aromatic rings. The summed E-state index contributed by atoms with van der Waals surface area (Å²) in [6.07, 6.45) is 2.93. The fourth-order valence-corrected chi connectivity index (χ4v) is 3.42. The van der Waals surface area contributed by atoms with Gasteiger partial charge in [0.2, 0.25) is 17.6 Å². The highest BCUT2D eigenvalue weighted by Crippen LogP contribution is 2.21. The topological polar surface area (TPSA) is 123 Å². The smallest absolute Gasteiger partial charge is 0.263 e. The van der Waals surface area contributed by atoms with Gasteiger partial charge < -0.3 is 0 Å². The Morgan fingerprint density at radius 3 is 2.96 bits per heavy atom. The summed E-state index contributed by atoms with van der Waals surface area (Å²) in [5, 5.41) is 18.2. The van der Waals surface area contributed by atoms with E-state index in [-0.39, 0.29) is 23.2 Å². The van der Waals surface area contributed by atoms with Crippen molar-refractivity contribution < 1.29 is 4.79 Å². The molecule has 2 N–H and O–H groups in total. The highest BCUT2D eigenvalue weighted by Gasteiger charge is 2.17. The second-order valence-electron chi connectivity index (χ2n) is 5.51. The van der Waals surface area contributed by atoms with Crippen LogP contribution in [0.3, 0.4) is 0 Å². The number of amides is 1. The standard InChI is InChI=1S/C16H14N8O2S/c1-2-7-23-13(26)10-5-3-4-6-11(10)24-15(23)21-22-16(24)27-8-12(25)19-14-17-9-18-20-14/h2-6,9H,1,7-8H2,(H2,17,18,19,20,25). The van der Waals surface area contributed by atoms with Crippen LogP contribution in [-0.4, -0.2) is 46.0 Å². The monoisotopic (exact) mass is 382 g/mol. The Hall–Kier alpha value is -3.47. The zero-order chi connectivity index (χ0) is 18.8. The number of H-pyrrole nitrogens is 1. The van der Waals surface area contributed by atoms with Gasteiger partial charge in [-0.3, -0.25) is 23.9 Å². The fraction of sp³-hybridized carbons (Fsp3) is 0.125. The Bertz CT molecular complexity index is 1190. The molecule has 136 valence electrons. The first kappa shape index (κ1) is 17.0. The van der Waals surface area contributed by atoms with Gasteiger partial charge in [-0.2, -0.15) is 10.1 Å². The van der Waals surface area contributed by atoms with Crippen molar-refractivity contribution in [3.05, 3.63) is 53.6 Å². The van der Waals surface area contributed by atoms with Crippen molar-refractivity contribution in [3.63, 3.8) is 0 Å². The average molecular weight is 382 g/mol. The van der Waals surface area contributed by atoms with Gasteiger partial charge in [-0.25, -0.2) is 5.10 Å². The molecule has 0 fully saturated rings. The quantitative estimate of drug-likeness (QED) is 0.378. The summed E-state index contributed by atoms with van der Waals surface area (Å²) in [7, 11) is 0. The number of nitrogens with zero attached hydrogens (tertiary/aromatic N) is 6. The number of rotatable bonds is 6. The van der Waals surface area contributed by atoms with Gasteiger partial charge in [-0.15, -0.1) is 16.8 Å². The molecule has 0 bridgehead atoms. The number of aromatic amines is 1. The number of benzene rings is 1. The number of aromatic nitrogens is 7. The van der Waals surface area contributed by atoms with E-state index >= 15 is 0 Å². The van der Waals surface area contributed by atoms with Crippen molar-refractivity contribution >= 4 is 40.3 Å². The molecular formula is C16H14N8O2S. The first-order valence-electron chi connectivity index (χ1n) is 7.94. The van der Waals surface area contributed by atoms with E-state index in [1.54, 1.807) is 22.6 Å². The van der Waals surface area contributed by atoms with Crippen LogP contribution in [0, 0.1) is 0 Å². The summed E-state index contributed by atoms with van der Waals surface area (Å²) in [5.74, 6) is 0.502. The van der Waals surface area contributed by atoms with E-state index in [4.69, 9.17) is 0 Å². The van der Waals surface area contributed by atoms with Crippen molar-refractivity contribution in [1.82, 2.24) is 34.3 Å². The highest BCUT2D eigenvalue weighted by atomic mass is 32.2. The van der Waals surface area contributed by atoms with Crippen LogP contribution in [0.1, 0.15) is 0 Å². The average Bonchev–Trinajstić information content (AvgIpc) is 3.33. The predicted molar refractivity (Wildman–Crippen MR) is 101 cm³/mol. The minimum Gasteiger partial charge on any atom is -0.294 e. The Morgan fingerprint density at radius 2 is 2.19 bits per heavy atom. The molecule has 1 amide bonds. The van der Waals surface area contributed by atoms with Crippen LogP contribution in [0.4, 0.5) is 5.95 Å². The minimum absolute atomic E-state index is 0.0937. The lowest BCUT2D eigenvalue weighted by molar-refractivity contribution is -0.113. The van der Waals surface area contributed by atoms with E-state index in [1.165, 1.54) is 22.7 Å². The van der Waals surface area contributed by atoms with E-state index in [9.17, 15) is 9.59 Å². The maximum atomic E-state index is 12.7. The van der Waals surface area contributed by atoms with Gasteiger partial charge in [-0.1, -0.05) is 30.0 Å². The van der Waals surface area contributed by atoms with E-state index in [2.05, 4.69) is 37.3 Å². The molecule has 0 aliphatic heterocycles. The van der Waals surface area contributed by atoms with Crippen LogP contribution >= 0.6 is 11.8 Å². The third-order valence-electron chi connectivity index (χ3n) is 3.80. The van der Waals surface area contributed by atoms with Crippen LogP contribution < -0.4 is 10.9 Å². The van der Waals surface area contributed by atoms with E-state index < -0.39 is 0 Å². The zero-order valence-corrected chi connectivity index (χ0v) is 14.8. The summed E-state index contributed by atoms with van der Waals surface area (Å²) in [5.41, 5.74) is 0.519. The molecule has 11 heteroatoms. The minimum atomic E-state index is -0.266.